The van der Waals surface area contributed by atoms with Crippen molar-refractivity contribution in [2.75, 3.05) is 5.75 Å². The maximum atomic E-state index is 12.5. The van der Waals surface area contributed by atoms with E-state index in [0.29, 0.717) is 0 Å². The van der Waals surface area contributed by atoms with Crippen molar-refractivity contribution in [1.29, 1.82) is 0 Å². The number of thioether (sulfide) groups is 1. The topological polar surface area (TPSA) is 12.9 Å². The molecule has 1 heterocycles. The first-order chi connectivity index (χ1) is 8.16. The van der Waals surface area contributed by atoms with E-state index >= 15 is 0 Å². The van der Waals surface area contributed by atoms with Crippen LogP contribution in [0, 0.1) is 0 Å². The molecule has 1 aromatic heterocycles. The predicted octanol–water partition coefficient (Wildman–Crippen LogP) is 4.86. The van der Waals surface area contributed by atoms with Crippen LogP contribution in [-0.2, 0) is 0 Å². The van der Waals surface area contributed by atoms with Crippen LogP contribution in [0.1, 0.15) is 6.42 Å². The fourth-order valence-electron chi connectivity index (χ4n) is 1.24. The Morgan fingerprint density at radius 3 is 2.71 bits per heavy atom. The predicted molar refractivity (Wildman–Crippen MR) is 65.3 cm³/mol. The summed E-state index contributed by atoms with van der Waals surface area (Å²) < 4.78 is 38.0. The Balaban J connectivity index is 1.98. The normalized spacial score (nSPS) is 10.8. The standard InChI is InChI=1S/C11H8F3NS2/c12-7(10(13)14)5-6-16-11-15-8-3-1-2-4-9(8)17-11/h1-4H,5-6H2. The summed E-state index contributed by atoms with van der Waals surface area (Å²) >= 11 is 2.77. The van der Waals surface area contributed by atoms with Crippen LogP contribution in [-0.4, -0.2) is 10.7 Å². The van der Waals surface area contributed by atoms with Gasteiger partial charge in [0.15, 0.2) is 10.2 Å². The van der Waals surface area contributed by atoms with Gasteiger partial charge >= 0.3 is 6.08 Å². The van der Waals surface area contributed by atoms with Gasteiger partial charge in [0.1, 0.15) is 0 Å². The van der Waals surface area contributed by atoms with Crippen LogP contribution in [0.5, 0.6) is 0 Å². The highest BCUT2D eigenvalue weighted by molar-refractivity contribution is 8.01. The molecule has 0 amide bonds. The van der Waals surface area contributed by atoms with Gasteiger partial charge in [0.25, 0.3) is 0 Å². The molecule has 2 rings (SSSR count). The summed E-state index contributed by atoms with van der Waals surface area (Å²) in [5.41, 5.74) is 0.882. The van der Waals surface area contributed by atoms with E-state index in [4.69, 9.17) is 0 Å². The number of halogens is 3. The minimum Gasteiger partial charge on any atom is -0.230 e. The number of thiazole rings is 1. The Kier molecular flexibility index (Phi) is 4.06. The molecule has 0 radical (unpaired) electrons. The summed E-state index contributed by atoms with van der Waals surface area (Å²) in [6, 6.07) is 7.63. The van der Waals surface area contributed by atoms with Crippen LogP contribution >= 0.6 is 23.1 Å². The monoisotopic (exact) mass is 275 g/mol. The molecule has 90 valence electrons. The summed E-state index contributed by atoms with van der Waals surface area (Å²) in [4.78, 5) is 4.31. The van der Waals surface area contributed by atoms with Crippen molar-refractivity contribution in [3.05, 3.63) is 36.2 Å². The minimum atomic E-state index is -2.23. The maximum absolute atomic E-state index is 12.5. The van der Waals surface area contributed by atoms with E-state index in [9.17, 15) is 13.2 Å². The summed E-state index contributed by atoms with van der Waals surface area (Å²) in [5.74, 6) is -1.07. The van der Waals surface area contributed by atoms with Gasteiger partial charge in [0.2, 0.25) is 0 Å². The molecular weight excluding hydrogens is 267 g/mol. The molecule has 0 N–H and O–H groups in total. The number of hydrogen-bond acceptors (Lipinski definition) is 3. The number of fused-ring (bicyclic) bond motifs is 1. The van der Waals surface area contributed by atoms with Crippen molar-refractivity contribution in [3.8, 4) is 0 Å². The van der Waals surface area contributed by atoms with Gasteiger partial charge in [-0.1, -0.05) is 23.9 Å². The number of hydrogen-bond donors (Lipinski definition) is 0. The number of para-hydroxylation sites is 1. The summed E-state index contributed by atoms with van der Waals surface area (Å²) in [6.45, 7) is 0. The van der Waals surface area contributed by atoms with Gasteiger partial charge in [-0.3, -0.25) is 0 Å². The molecule has 0 unspecified atom stereocenters. The van der Waals surface area contributed by atoms with Crippen LogP contribution in [0.15, 0.2) is 40.5 Å². The van der Waals surface area contributed by atoms with Crippen molar-refractivity contribution in [1.82, 2.24) is 4.98 Å². The third-order valence-corrected chi connectivity index (χ3v) is 4.21. The third kappa shape index (κ3) is 3.23. The summed E-state index contributed by atoms with van der Waals surface area (Å²) in [5, 5.41) is 0. The van der Waals surface area contributed by atoms with E-state index in [1.165, 1.54) is 23.1 Å². The van der Waals surface area contributed by atoms with Gasteiger partial charge in [0.05, 0.1) is 10.2 Å². The van der Waals surface area contributed by atoms with Gasteiger partial charge in [-0.25, -0.2) is 9.37 Å². The van der Waals surface area contributed by atoms with Crippen molar-refractivity contribution < 1.29 is 13.2 Å². The molecule has 0 spiro atoms. The molecule has 17 heavy (non-hydrogen) atoms. The molecule has 0 fully saturated rings. The molecule has 6 heteroatoms. The Morgan fingerprint density at radius 1 is 1.24 bits per heavy atom. The van der Waals surface area contributed by atoms with Gasteiger partial charge in [0, 0.05) is 12.2 Å². The third-order valence-electron chi connectivity index (χ3n) is 2.03. The Labute approximate surface area is 104 Å². The molecular formula is C11H8F3NS2. The highest BCUT2D eigenvalue weighted by Gasteiger charge is 2.07. The Morgan fingerprint density at radius 2 is 2.00 bits per heavy atom. The molecule has 0 bridgehead atoms. The average molecular weight is 275 g/mol. The molecule has 0 saturated heterocycles. The van der Waals surface area contributed by atoms with E-state index in [2.05, 4.69) is 4.98 Å². The lowest BCUT2D eigenvalue weighted by Gasteiger charge is -1.94. The van der Waals surface area contributed by atoms with Gasteiger partial charge in [-0.15, -0.1) is 11.3 Å². The van der Waals surface area contributed by atoms with E-state index in [1.54, 1.807) is 0 Å². The number of allylic oxidation sites excluding steroid dienone is 1. The largest absolute Gasteiger partial charge is 0.301 e. The van der Waals surface area contributed by atoms with Crippen molar-refractivity contribution >= 4 is 33.3 Å². The first-order valence-corrected chi connectivity index (χ1v) is 6.65. The van der Waals surface area contributed by atoms with Crippen LogP contribution in [0.4, 0.5) is 13.2 Å². The summed E-state index contributed by atoms with van der Waals surface area (Å²) in [7, 11) is 0. The second kappa shape index (κ2) is 5.55. The van der Waals surface area contributed by atoms with Crippen molar-refractivity contribution in [2.24, 2.45) is 0 Å². The Bertz CT molecular complexity index is 513. The zero-order valence-electron chi connectivity index (χ0n) is 8.62. The zero-order valence-corrected chi connectivity index (χ0v) is 10.3. The summed E-state index contributed by atoms with van der Waals surface area (Å²) in [6.07, 6.45) is -2.49. The smallest absolute Gasteiger partial charge is 0.230 e. The lowest BCUT2D eigenvalue weighted by molar-refractivity contribution is 0.373. The van der Waals surface area contributed by atoms with Gasteiger partial charge < -0.3 is 0 Å². The number of benzene rings is 1. The molecule has 2 aromatic rings. The van der Waals surface area contributed by atoms with Gasteiger partial charge in [-0.2, -0.15) is 8.78 Å². The van der Waals surface area contributed by atoms with E-state index in [0.717, 1.165) is 14.6 Å². The molecule has 0 atom stereocenters. The first-order valence-electron chi connectivity index (χ1n) is 4.85. The van der Waals surface area contributed by atoms with Gasteiger partial charge in [-0.05, 0) is 12.1 Å². The van der Waals surface area contributed by atoms with Crippen molar-refractivity contribution in [2.45, 2.75) is 10.8 Å². The second-order valence-corrected chi connectivity index (χ2v) is 5.58. The molecule has 1 nitrogen and oxygen atoms in total. The zero-order chi connectivity index (χ0) is 12.3. The Hall–Kier alpha value is -1.01. The number of aromatic nitrogens is 1. The molecule has 0 aliphatic heterocycles. The molecule has 0 aliphatic rings. The SMILES string of the molecule is FC(F)=C(F)CCSc1nc2ccccc2s1. The fraction of sp³-hybridized carbons (Fsp3) is 0.182. The quantitative estimate of drug-likeness (QED) is 0.739. The number of rotatable bonds is 4. The highest BCUT2D eigenvalue weighted by Crippen LogP contribution is 2.30. The molecule has 1 aromatic carbocycles. The lowest BCUT2D eigenvalue weighted by Crippen LogP contribution is -1.82. The van der Waals surface area contributed by atoms with Crippen LogP contribution in [0.3, 0.4) is 0 Å². The fourth-order valence-corrected chi connectivity index (χ4v) is 3.31. The van der Waals surface area contributed by atoms with E-state index in [1.807, 2.05) is 24.3 Å². The highest BCUT2D eigenvalue weighted by atomic mass is 32.2. The lowest BCUT2D eigenvalue weighted by atomic mass is 10.3. The van der Waals surface area contributed by atoms with Crippen LogP contribution < -0.4 is 0 Å². The van der Waals surface area contributed by atoms with E-state index in [-0.39, 0.29) is 12.2 Å². The number of nitrogens with zero attached hydrogens (tertiary/aromatic N) is 1. The molecule has 0 saturated carbocycles. The second-order valence-electron chi connectivity index (χ2n) is 3.21. The van der Waals surface area contributed by atoms with E-state index < -0.39 is 11.9 Å². The van der Waals surface area contributed by atoms with Crippen LogP contribution in [0.2, 0.25) is 0 Å². The van der Waals surface area contributed by atoms with Crippen molar-refractivity contribution in [3.63, 3.8) is 0 Å². The maximum Gasteiger partial charge on any atom is 0.301 e. The minimum absolute atomic E-state index is 0.261. The first kappa shape index (κ1) is 12.4. The molecule has 0 aliphatic carbocycles. The average Bonchev–Trinajstić information content (AvgIpc) is 2.71. The van der Waals surface area contributed by atoms with Crippen LogP contribution in [0.25, 0.3) is 10.2 Å².